The van der Waals surface area contributed by atoms with E-state index >= 15 is 0 Å². The van der Waals surface area contributed by atoms with Gasteiger partial charge in [-0.05, 0) is 18.1 Å². The molecule has 2 aromatic rings. The maximum absolute atomic E-state index is 12.1. The van der Waals surface area contributed by atoms with Gasteiger partial charge in [-0.3, -0.25) is 4.68 Å². The van der Waals surface area contributed by atoms with Crippen LogP contribution in [0.2, 0.25) is 0 Å². The number of hydrogen-bond donors (Lipinski definition) is 3. The highest BCUT2D eigenvalue weighted by atomic mass is 16.3. The third kappa shape index (κ3) is 2.75. The summed E-state index contributed by atoms with van der Waals surface area (Å²) < 4.78 is 1.73. The minimum Gasteiger partial charge on any atom is -0.390 e. The molecule has 0 fully saturated rings. The molecule has 2 amide bonds. The summed E-state index contributed by atoms with van der Waals surface area (Å²) in [7, 11) is 0. The predicted octanol–water partition coefficient (Wildman–Crippen LogP) is 1.68. The van der Waals surface area contributed by atoms with Gasteiger partial charge in [0.15, 0.2) is 0 Å². The summed E-state index contributed by atoms with van der Waals surface area (Å²) in [6.07, 6.45) is 3.33. The van der Waals surface area contributed by atoms with E-state index in [1.165, 1.54) is 0 Å². The summed E-state index contributed by atoms with van der Waals surface area (Å²) in [4.78, 5) is 12.1. The molecule has 0 saturated heterocycles. The molecule has 1 aromatic carbocycles. The zero-order valence-corrected chi connectivity index (χ0v) is 11.8. The van der Waals surface area contributed by atoms with Crippen molar-refractivity contribution in [1.29, 1.82) is 0 Å². The molecular formula is C15H18N4O2. The number of nitrogens with one attached hydrogen (secondary N) is 2. The Morgan fingerprint density at radius 2 is 2.29 bits per heavy atom. The van der Waals surface area contributed by atoms with Crippen LogP contribution >= 0.6 is 0 Å². The predicted molar refractivity (Wildman–Crippen MR) is 78.9 cm³/mol. The highest BCUT2D eigenvalue weighted by Gasteiger charge is 2.31. The van der Waals surface area contributed by atoms with Gasteiger partial charge in [-0.1, -0.05) is 24.3 Å². The lowest BCUT2D eigenvalue weighted by Gasteiger charge is -2.18. The molecule has 6 nitrogen and oxygen atoms in total. The third-order valence-corrected chi connectivity index (χ3v) is 3.71. The number of fused-ring (bicyclic) bond motifs is 1. The fourth-order valence-corrected chi connectivity index (χ4v) is 2.66. The number of aliphatic hydroxyl groups excluding tert-OH is 1. The lowest BCUT2D eigenvalue weighted by Crippen LogP contribution is -2.36. The normalized spacial score (nSPS) is 20.1. The molecule has 1 aliphatic rings. The molecule has 0 spiro atoms. The van der Waals surface area contributed by atoms with Crippen molar-refractivity contribution in [2.24, 2.45) is 0 Å². The smallest absolute Gasteiger partial charge is 0.319 e. The maximum Gasteiger partial charge on any atom is 0.319 e. The van der Waals surface area contributed by atoms with Crippen molar-refractivity contribution < 1.29 is 9.90 Å². The largest absolute Gasteiger partial charge is 0.390 e. The van der Waals surface area contributed by atoms with E-state index < -0.39 is 6.10 Å². The Labute approximate surface area is 122 Å². The molecule has 0 aliphatic heterocycles. The number of benzene rings is 1. The SMILES string of the molecule is CCn1cc(NC(=O)N[C@H]2c3ccccc3C[C@H]2O)cn1. The molecular weight excluding hydrogens is 268 g/mol. The molecule has 2 atom stereocenters. The average Bonchev–Trinajstić information content (AvgIpc) is 3.04. The summed E-state index contributed by atoms with van der Waals surface area (Å²) in [5.41, 5.74) is 2.69. The van der Waals surface area contributed by atoms with Crippen LogP contribution in [-0.2, 0) is 13.0 Å². The summed E-state index contributed by atoms with van der Waals surface area (Å²) in [6, 6.07) is 7.05. The molecule has 0 unspecified atom stereocenters. The summed E-state index contributed by atoms with van der Waals surface area (Å²) >= 11 is 0. The minimum absolute atomic E-state index is 0.341. The monoisotopic (exact) mass is 286 g/mol. The van der Waals surface area contributed by atoms with Gasteiger partial charge in [0.2, 0.25) is 0 Å². The fourth-order valence-electron chi connectivity index (χ4n) is 2.66. The molecule has 21 heavy (non-hydrogen) atoms. The maximum atomic E-state index is 12.1. The number of carbonyl (C=O) groups is 1. The Bertz CT molecular complexity index is 653. The number of nitrogens with zero attached hydrogens (tertiary/aromatic N) is 2. The van der Waals surface area contributed by atoms with E-state index in [4.69, 9.17) is 0 Å². The van der Waals surface area contributed by atoms with Crippen LogP contribution in [0.25, 0.3) is 0 Å². The van der Waals surface area contributed by atoms with Gasteiger partial charge in [-0.15, -0.1) is 0 Å². The second-order valence-electron chi connectivity index (χ2n) is 5.13. The van der Waals surface area contributed by atoms with Crippen LogP contribution in [0, 0.1) is 0 Å². The van der Waals surface area contributed by atoms with Gasteiger partial charge in [-0.25, -0.2) is 4.79 Å². The standard InChI is InChI=1S/C15H18N4O2/c1-2-19-9-11(8-16-19)17-15(21)18-14-12-6-4-3-5-10(12)7-13(14)20/h3-6,8-9,13-14,20H,2,7H2,1H3,(H2,17,18,21)/t13-,14+/m1/s1. The van der Waals surface area contributed by atoms with Crippen LogP contribution in [0.15, 0.2) is 36.7 Å². The average molecular weight is 286 g/mol. The number of carbonyl (C=O) groups excluding carboxylic acids is 1. The second-order valence-corrected chi connectivity index (χ2v) is 5.13. The lowest BCUT2D eigenvalue weighted by molar-refractivity contribution is 0.144. The molecule has 110 valence electrons. The van der Waals surface area contributed by atoms with Gasteiger partial charge in [0.25, 0.3) is 0 Å². The second kappa shape index (κ2) is 5.57. The van der Waals surface area contributed by atoms with E-state index in [1.54, 1.807) is 17.1 Å². The van der Waals surface area contributed by atoms with Crippen LogP contribution in [0.5, 0.6) is 0 Å². The number of rotatable bonds is 3. The molecule has 3 rings (SSSR count). The lowest BCUT2D eigenvalue weighted by atomic mass is 10.1. The number of anilines is 1. The Hall–Kier alpha value is -2.34. The van der Waals surface area contributed by atoms with Crippen molar-refractivity contribution in [3.05, 3.63) is 47.8 Å². The van der Waals surface area contributed by atoms with Crippen molar-refractivity contribution in [2.75, 3.05) is 5.32 Å². The first kappa shape index (κ1) is 13.6. The minimum atomic E-state index is -0.591. The number of amides is 2. The van der Waals surface area contributed by atoms with Gasteiger partial charge in [-0.2, -0.15) is 5.10 Å². The van der Waals surface area contributed by atoms with Gasteiger partial charge < -0.3 is 15.7 Å². The molecule has 0 saturated carbocycles. The van der Waals surface area contributed by atoms with Crippen LogP contribution < -0.4 is 10.6 Å². The van der Waals surface area contributed by atoms with E-state index in [1.807, 2.05) is 31.2 Å². The number of aliphatic hydroxyl groups is 1. The van der Waals surface area contributed by atoms with Gasteiger partial charge in [0, 0.05) is 19.2 Å². The van der Waals surface area contributed by atoms with E-state index in [2.05, 4.69) is 15.7 Å². The zero-order chi connectivity index (χ0) is 14.8. The number of urea groups is 1. The first-order chi connectivity index (χ1) is 10.2. The highest BCUT2D eigenvalue weighted by Crippen LogP contribution is 2.31. The van der Waals surface area contributed by atoms with Gasteiger partial charge >= 0.3 is 6.03 Å². The van der Waals surface area contributed by atoms with Crippen LogP contribution in [0.3, 0.4) is 0 Å². The molecule has 1 aromatic heterocycles. The van der Waals surface area contributed by atoms with E-state index in [-0.39, 0.29) is 12.1 Å². The van der Waals surface area contributed by atoms with Crippen molar-refractivity contribution >= 4 is 11.7 Å². The van der Waals surface area contributed by atoms with Crippen LogP contribution in [0.4, 0.5) is 10.5 Å². The third-order valence-electron chi connectivity index (χ3n) is 3.71. The van der Waals surface area contributed by atoms with Crippen molar-refractivity contribution in [3.63, 3.8) is 0 Å². The van der Waals surface area contributed by atoms with Crippen LogP contribution in [-0.4, -0.2) is 27.0 Å². The quantitative estimate of drug-likeness (QED) is 0.803. The molecule has 0 bridgehead atoms. The Balaban J connectivity index is 1.67. The zero-order valence-electron chi connectivity index (χ0n) is 11.8. The molecule has 3 N–H and O–H groups in total. The summed E-state index contributed by atoms with van der Waals surface area (Å²) in [5, 5.41) is 19.8. The number of aromatic nitrogens is 2. The molecule has 0 radical (unpaired) electrons. The number of hydrogen-bond acceptors (Lipinski definition) is 3. The van der Waals surface area contributed by atoms with Crippen molar-refractivity contribution in [1.82, 2.24) is 15.1 Å². The fraction of sp³-hybridized carbons (Fsp3) is 0.333. The Morgan fingerprint density at radius 1 is 1.48 bits per heavy atom. The highest BCUT2D eigenvalue weighted by molar-refractivity contribution is 5.89. The molecule has 6 heteroatoms. The van der Waals surface area contributed by atoms with Gasteiger partial charge in [0.05, 0.1) is 24.0 Å². The number of aryl methyl sites for hydroxylation is 1. The van der Waals surface area contributed by atoms with Crippen LogP contribution in [0.1, 0.15) is 24.1 Å². The first-order valence-electron chi connectivity index (χ1n) is 7.03. The van der Waals surface area contributed by atoms with E-state index in [9.17, 15) is 9.90 Å². The van der Waals surface area contributed by atoms with Crippen molar-refractivity contribution in [3.8, 4) is 0 Å². The first-order valence-corrected chi connectivity index (χ1v) is 7.03. The van der Waals surface area contributed by atoms with Gasteiger partial charge in [0.1, 0.15) is 0 Å². The summed E-state index contributed by atoms with van der Waals surface area (Å²) in [6.45, 7) is 2.72. The molecule has 1 heterocycles. The Kier molecular flexibility index (Phi) is 3.62. The van der Waals surface area contributed by atoms with E-state index in [0.717, 1.165) is 17.7 Å². The topological polar surface area (TPSA) is 79.2 Å². The molecule has 1 aliphatic carbocycles. The summed E-state index contributed by atoms with van der Waals surface area (Å²) in [5.74, 6) is 0. The van der Waals surface area contributed by atoms with Crippen molar-refractivity contribution in [2.45, 2.75) is 32.0 Å². The Morgan fingerprint density at radius 3 is 3.05 bits per heavy atom. The van der Waals surface area contributed by atoms with E-state index in [0.29, 0.717) is 12.1 Å².